The van der Waals surface area contributed by atoms with Gasteiger partial charge in [-0.25, -0.2) is 4.98 Å². The molecule has 124 valence electrons. The Kier molecular flexibility index (Phi) is 7.37. The van der Waals surface area contributed by atoms with Crippen LogP contribution in [0, 0.1) is 20.2 Å². The van der Waals surface area contributed by atoms with E-state index in [9.17, 15) is 20.2 Å². The van der Waals surface area contributed by atoms with Crippen LogP contribution in [0.15, 0.2) is 12.3 Å². The zero-order valence-corrected chi connectivity index (χ0v) is 13.9. The van der Waals surface area contributed by atoms with Gasteiger partial charge in [0.1, 0.15) is 6.20 Å². The first-order chi connectivity index (χ1) is 10.1. The molecule has 0 aliphatic carbocycles. The minimum absolute atomic E-state index is 0.133. The summed E-state index contributed by atoms with van der Waals surface area (Å²) < 4.78 is 0.700. The lowest BCUT2D eigenvalue weighted by molar-refractivity contribution is -0.868. The van der Waals surface area contributed by atoms with Gasteiger partial charge in [-0.05, 0) is 0 Å². The predicted octanol–water partition coefficient (Wildman–Crippen LogP) is 2.07. The van der Waals surface area contributed by atoms with Crippen molar-refractivity contribution in [3.8, 4) is 0 Å². The Bertz CT molecular complexity index is 528. The highest BCUT2D eigenvalue weighted by Gasteiger charge is 2.24. The van der Waals surface area contributed by atoms with Gasteiger partial charge in [0.15, 0.2) is 0 Å². The van der Waals surface area contributed by atoms with Gasteiger partial charge < -0.3 is 9.38 Å². The Labute approximate surface area is 130 Å². The molecule has 0 fully saturated rings. The van der Waals surface area contributed by atoms with Crippen LogP contribution >= 0.6 is 0 Å². The van der Waals surface area contributed by atoms with Crippen LogP contribution < -0.4 is 4.90 Å². The maximum Gasteiger partial charge on any atom is 0.318 e. The van der Waals surface area contributed by atoms with Crippen molar-refractivity contribution in [1.29, 1.82) is 0 Å². The Balaban J connectivity index is 0.00000211. The highest BCUT2D eigenvalue weighted by atomic mass is 16.6. The molecule has 1 rings (SSSR count). The molecule has 9 nitrogen and oxygen atoms in total. The Morgan fingerprint density at radius 1 is 1.18 bits per heavy atom. The molecule has 0 saturated carbocycles. The molecule has 0 spiro atoms. The summed E-state index contributed by atoms with van der Waals surface area (Å²) in [7, 11) is 7.69. The van der Waals surface area contributed by atoms with E-state index >= 15 is 0 Å². The van der Waals surface area contributed by atoms with Gasteiger partial charge in [-0.3, -0.25) is 20.2 Å². The van der Waals surface area contributed by atoms with E-state index in [1.807, 2.05) is 35.0 Å². The standard InChI is InChI=1S/C11H18N5O4.C2H6/c1-13(5-6-16(2,3)4)11-10(15(19)20)7-9(8-12-11)14(17)18;1-2/h7-8H,5-6H2,1-4H3;1-2H3/q+1;. The van der Waals surface area contributed by atoms with Gasteiger partial charge in [0.25, 0.3) is 5.69 Å². The number of anilines is 1. The van der Waals surface area contributed by atoms with Gasteiger partial charge in [0.2, 0.25) is 5.82 Å². The van der Waals surface area contributed by atoms with Crippen LogP contribution in [0.1, 0.15) is 13.8 Å². The topological polar surface area (TPSA) is 102 Å². The largest absolute Gasteiger partial charge is 0.348 e. The lowest BCUT2D eigenvalue weighted by atomic mass is 10.3. The summed E-state index contributed by atoms with van der Waals surface area (Å²) in [6, 6.07) is 0.935. The first-order valence-electron chi connectivity index (χ1n) is 6.92. The minimum Gasteiger partial charge on any atom is -0.348 e. The molecule has 0 aliphatic heterocycles. The predicted molar refractivity (Wildman–Crippen MR) is 85.1 cm³/mol. The molecule has 0 radical (unpaired) electrons. The van der Waals surface area contributed by atoms with Crippen LogP contribution in [0.25, 0.3) is 0 Å². The fraction of sp³-hybridized carbons (Fsp3) is 0.615. The van der Waals surface area contributed by atoms with Gasteiger partial charge >= 0.3 is 5.69 Å². The highest BCUT2D eigenvalue weighted by molar-refractivity contribution is 5.60. The number of nitrogens with zero attached hydrogens (tertiary/aromatic N) is 5. The van der Waals surface area contributed by atoms with Crippen LogP contribution in [-0.4, -0.2) is 60.6 Å². The molecular formula is C13H24N5O4+. The SMILES string of the molecule is CC.CN(CC[N+](C)(C)C)c1ncc([N+](=O)[O-])cc1[N+](=O)[O-]. The second-order valence-corrected chi connectivity index (χ2v) is 5.49. The molecule has 0 atom stereocenters. The molecule has 0 aromatic carbocycles. The van der Waals surface area contributed by atoms with Crippen molar-refractivity contribution < 1.29 is 14.3 Å². The lowest BCUT2D eigenvalue weighted by Crippen LogP contribution is -2.41. The number of aromatic nitrogens is 1. The highest BCUT2D eigenvalue weighted by Crippen LogP contribution is 2.28. The molecule has 0 aliphatic rings. The molecule has 0 saturated heterocycles. The fourth-order valence-electron chi connectivity index (χ4n) is 1.52. The van der Waals surface area contributed by atoms with Crippen LogP contribution in [-0.2, 0) is 0 Å². The molecule has 0 N–H and O–H groups in total. The van der Waals surface area contributed by atoms with Crippen LogP contribution in [0.4, 0.5) is 17.2 Å². The monoisotopic (exact) mass is 314 g/mol. The van der Waals surface area contributed by atoms with E-state index in [0.29, 0.717) is 11.0 Å². The van der Waals surface area contributed by atoms with Gasteiger partial charge in [-0.15, -0.1) is 0 Å². The number of pyridine rings is 1. The Hall–Kier alpha value is -2.29. The molecule has 0 bridgehead atoms. The molecule has 0 amide bonds. The average molecular weight is 314 g/mol. The number of likely N-dealkylation sites (N-methyl/N-ethyl adjacent to an activating group) is 2. The summed E-state index contributed by atoms with van der Waals surface area (Å²) in [4.78, 5) is 25.8. The normalized spacial score (nSPS) is 10.5. The van der Waals surface area contributed by atoms with E-state index in [4.69, 9.17) is 0 Å². The quantitative estimate of drug-likeness (QED) is 0.452. The van der Waals surface area contributed by atoms with E-state index in [0.717, 1.165) is 18.8 Å². The summed E-state index contributed by atoms with van der Waals surface area (Å²) in [6.45, 7) is 5.31. The van der Waals surface area contributed by atoms with E-state index in [2.05, 4.69) is 4.98 Å². The number of nitro groups is 2. The first-order valence-corrected chi connectivity index (χ1v) is 6.92. The van der Waals surface area contributed by atoms with Gasteiger partial charge in [0.05, 0.1) is 50.1 Å². The van der Waals surface area contributed by atoms with E-state index in [1.54, 1.807) is 11.9 Å². The van der Waals surface area contributed by atoms with Crippen molar-refractivity contribution >= 4 is 17.2 Å². The first kappa shape index (κ1) is 19.7. The van der Waals surface area contributed by atoms with Crippen LogP contribution in [0.2, 0.25) is 0 Å². The molecule has 1 heterocycles. The van der Waals surface area contributed by atoms with Crippen LogP contribution in [0.3, 0.4) is 0 Å². The van der Waals surface area contributed by atoms with Crippen molar-refractivity contribution in [3.05, 3.63) is 32.5 Å². The van der Waals surface area contributed by atoms with Crippen LogP contribution in [0.5, 0.6) is 0 Å². The summed E-state index contributed by atoms with van der Waals surface area (Å²) in [6.07, 6.45) is 1.03. The summed E-state index contributed by atoms with van der Waals surface area (Å²) in [5.41, 5.74) is -0.747. The third-order valence-electron chi connectivity index (χ3n) is 2.71. The Morgan fingerprint density at radius 3 is 2.14 bits per heavy atom. The summed E-state index contributed by atoms with van der Waals surface area (Å²) >= 11 is 0. The molecule has 0 unspecified atom stereocenters. The molecule has 1 aromatic heterocycles. The Morgan fingerprint density at radius 2 is 1.73 bits per heavy atom. The van der Waals surface area contributed by atoms with Crippen molar-refractivity contribution in [3.63, 3.8) is 0 Å². The maximum absolute atomic E-state index is 11.0. The zero-order chi connectivity index (χ0) is 17.5. The number of hydrogen-bond donors (Lipinski definition) is 0. The second-order valence-electron chi connectivity index (χ2n) is 5.49. The zero-order valence-electron chi connectivity index (χ0n) is 13.9. The summed E-state index contributed by atoms with van der Waals surface area (Å²) in [5, 5.41) is 21.7. The minimum atomic E-state index is -0.699. The number of rotatable bonds is 6. The molecular weight excluding hydrogens is 290 g/mol. The van der Waals surface area contributed by atoms with E-state index < -0.39 is 9.85 Å². The fourth-order valence-corrected chi connectivity index (χ4v) is 1.52. The second kappa shape index (κ2) is 8.23. The van der Waals surface area contributed by atoms with Crippen molar-refractivity contribution in [2.75, 3.05) is 46.2 Å². The molecule has 1 aromatic rings. The average Bonchev–Trinajstić information content (AvgIpc) is 2.45. The van der Waals surface area contributed by atoms with Crippen molar-refractivity contribution in [2.24, 2.45) is 0 Å². The smallest absolute Gasteiger partial charge is 0.318 e. The molecule has 9 heteroatoms. The lowest BCUT2D eigenvalue weighted by Gasteiger charge is -2.27. The third-order valence-corrected chi connectivity index (χ3v) is 2.71. The van der Waals surface area contributed by atoms with E-state index in [-0.39, 0.29) is 17.2 Å². The van der Waals surface area contributed by atoms with Gasteiger partial charge in [-0.2, -0.15) is 0 Å². The third kappa shape index (κ3) is 6.00. The molecule has 22 heavy (non-hydrogen) atoms. The van der Waals surface area contributed by atoms with Gasteiger partial charge in [-0.1, -0.05) is 13.8 Å². The maximum atomic E-state index is 11.0. The number of quaternary nitrogens is 1. The van der Waals surface area contributed by atoms with E-state index in [1.165, 1.54) is 0 Å². The number of hydrogen-bond acceptors (Lipinski definition) is 6. The van der Waals surface area contributed by atoms with Gasteiger partial charge in [0, 0.05) is 7.05 Å². The summed E-state index contributed by atoms with van der Waals surface area (Å²) in [5.74, 6) is 0.133. The van der Waals surface area contributed by atoms with Crippen molar-refractivity contribution in [2.45, 2.75) is 13.8 Å². The van der Waals surface area contributed by atoms with Crippen molar-refractivity contribution in [1.82, 2.24) is 4.98 Å².